The standard InChI is InChI=1S/C14H11FO3/c15-12-7-3-1-5-10(12)9-18-13-8-4-2-6-11(13)14(16)17/h1-8H,9H2,(H,16,17)/p-1. The normalized spacial score (nSPS) is 10.1. The van der Waals surface area contributed by atoms with Crippen LogP contribution in [-0.4, -0.2) is 5.97 Å². The van der Waals surface area contributed by atoms with Crippen LogP contribution in [0.4, 0.5) is 4.39 Å². The smallest absolute Gasteiger partial charge is 0.129 e. The van der Waals surface area contributed by atoms with Gasteiger partial charge < -0.3 is 14.6 Å². The van der Waals surface area contributed by atoms with Gasteiger partial charge in [0.25, 0.3) is 0 Å². The molecule has 0 amide bonds. The van der Waals surface area contributed by atoms with E-state index in [9.17, 15) is 14.3 Å². The van der Waals surface area contributed by atoms with Gasteiger partial charge >= 0.3 is 0 Å². The number of carbonyl (C=O) groups excluding carboxylic acids is 1. The molecule has 3 nitrogen and oxygen atoms in total. The van der Waals surface area contributed by atoms with Crippen LogP contribution >= 0.6 is 0 Å². The molecule has 0 aliphatic rings. The number of hydrogen-bond acceptors (Lipinski definition) is 3. The second kappa shape index (κ2) is 5.31. The van der Waals surface area contributed by atoms with Gasteiger partial charge in [0.05, 0.1) is 5.97 Å². The summed E-state index contributed by atoms with van der Waals surface area (Å²) in [5.41, 5.74) is 0.319. The highest BCUT2D eigenvalue weighted by atomic mass is 19.1. The number of carboxylic acid groups (broad SMARTS) is 1. The lowest BCUT2D eigenvalue weighted by Crippen LogP contribution is -2.23. The molecule has 0 atom stereocenters. The minimum Gasteiger partial charge on any atom is -0.545 e. The molecule has 0 unspecified atom stereocenters. The number of rotatable bonds is 4. The van der Waals surface area contributed by atoms with E-state index in [1.165, 1.54) is 18.2 Å². The molecule has 0 saturated carbocycles. The Balaban J connectivity index is 2.16. The van der Waals surface area contributed by atoms with E-state index in [1.807, 2.05) is 0 Å². The largest absolute Gasteiger partial charge is 0.545 e. The molecule has 18 heavy (non-hydrogen) atoms. The third-order valence-corrected chi connectivity index (χ3v) is 2.45. The Kier molecular flexibility index (Phi) is 3.57. The van der Waals surface area contributed by atoms with Crippen LogP contribution in [0.5, 0.6) is 5.75 Å². The predicted octanol–water partition coefficient (Wildman–Crippen LogP) is 1.77. The molecule has 0 bridgehead atoms. The van der Waals surface area contributed by atoms with Gasteiger partial charge in [0.2, 0.25) is 0 Å². The lowest BCUT2D eigenvalue weighted by molar-refractivity contribution is -0.255. The first-order chi connectivity index (χ1) is 8.68. The number of para-hydroxylation sites is 1. The van der Waals surface area contributed by atoms with Gasteiger partial charge in [-0.05, 0) is 18.2 Å². The van der Waals surface area contributed by atoms with E-state index in [2.05, 4.69) is 0 Å². The zero-order chi connectivity index (χ0) is 13.0. The van der Waals surface area contributed by atoms with Gasteiger partial charge in [-0.2, -0.15) is 0 Å². The summed E-state index contributed by atoms with van der Waals surface area (Å²) in [4.78, 5) is 10.8. The third-order valence-electron chi connectivity index (χ3n) is 2.45. The van der Waals surface area contributed by atoms with E-state index in [1.54, 1.807) is 30.3 Å². The number of hydrogen-bond donors (Lipinski definition) is 0. The fourth-order valence-electron chi connectivity index (χ4n) is 1.53. The van der Waals surface area contributed by atoms with Crippen molar-refractivity contribution in [2.45, 2.75) is 6.61 Å². The van der Waals surface area contributed by atoms with Crippen LogP contribution in [0.3, 0.4) is 0 Å². The first kappa shape index (κ1) is 12.1. The molecule has 92 valence electrons. The molecule has 0 heterocycles. The number of benzene rings is 2. The summed E-state index contributed by atoms with van der Waals surface area (Å²) in [5, 5.41) is 10.8. The SMILES string of the molecule is O=C([O-])c1ccccc1OCc1ccccc1F. The maximum absolute atomic E-state index is 13.3. The van der Waals surface area contributed by atoms with Gasteiger partial charge in [-0.1, -0.05) is 30.3 Å². The van der Waals surface area contributed by atoms with E-state index in [0.29, 0.717) is 5.56 Å². The van der Waals surface area contributed by atoms with E-state index in [0.717, 1.165) is 0 Å². The minimum absolute atomic E-state index is 0.0308. The summed E-state index contributed by atoms with van der Waals surface area (Å²) >= 11 is 0. The van der Waals surface area contributed by atoms with Gasteiger partial charge in [0.15, 0.2) is 0 Å². The van der Waals surface area contributed by atoms with Crippen LogP contribution in [0.2, 0.25) is 0 Å². The van der Waals surface area contributed by atoms with Crippen LogP contribution in [0, 0.1) is 5.82 Å². The molecular weight excluding hydrogens is 235 g/mol. The Labute approximate surface area is 103 Å². The van der Waals surface area contributed by atoms with E-state index >= 15 is 0 Å². The topological polar surface area (TPSA) is 49.4 Å². The molecule has 0 aromatic heterocycles. The maximum Gasteiger partial charge on any atom is 0.129 e. The van der Waals surface area contributed by atoms with E-state index in [-0.39, 0.29) is 23.7 Å². The summed E-state index contributed by atoms with van der Waals surface area (Å²) in [7, 11) is 0. The lowest BCUT2D eigenvalue weighted by Gasteiger charge is -2.12. The monoisotopic (exact) mass is 245 g/mol. The third kappa shape index (κ3) is 2.66. The van der Waals surface area contributed by atoms with E-state index in [4.69, 9.17) is 4.74 Å². The van der Waals surface area contributed by atoms with Crippen LogP contribution < -0.4 is 9.84 Å². The quantitative estimate of drug-likeness (QED) is 0.824. The molecule has 2 rings (SSSR count). The van der Waals surface area contributed by atoms with Crippen molar-refractivity contribution >= 4 is 5.97 Å². The van der Waals surface area contributed by atoms with Crippen molar-refractivity contribution in [3.05, 3.63) is 65.5 Å². The van der Waals surface area contributed by atoms with Crippen molar-refractivity contribution in [3.8, 4) is 5.75 Å². The molecule has 0 radical (unpaired) electrons. The van der Waals surface area contributed by atoms with Crippen LogP contribution in [0.15, 0.2) is 48.5 Å². The first-order valence-corrected chi connectivity index (χ1v) is 5.35. The Bertz CT molecular complexity index is 566. The Morgan fingerprint density at radius 3 is 2.50 bits per heavy atom. The van der Waals surface area contributed by atoms with Crippen molar-refractivity contribution in [3.63, 3.8) is 0 Å². The molecule has 2 aromatic rings. The zero-order valence-corrected chi connectivity index (χ0v) is 9.43. The summed E-state index contributed by atoms with van der Waals surface area (Å²) in [6, 6.07) is 12.3. The minimum atomic E-state index is -1.32. The predicted molar refractivity (Wildman–Crippen MR) is 61.5 cm³/mol. The average Bonchev–Trinajstić information content (AvgIpc) is 2.38. The molecule has 0 aliphatic heterocycles. The molecule has 0 spiro atoms. The fourth-order valence-corrected chi connectivity index (χ4v) is 1.53. The highest BCUT2D eigenvalue weighted by Gasteiger charge is 2.06. The molecule has 0 N–H and O–H groups in total. The van der Waals surface area contributed by atoms with E-state index < -0.39 is 5.97 Å². The Hall–Kier alpha value is -2.36. The van der Waals surface area contributed by atoms with Crippen molar-refractivity contribution in [1.82, 2.24) is 0 Å². The molecule has 0 aliphatic carbocycles. The molecule has 4 heteroatoms. The summed E-state index contributed by atoms with van der Waals surface area (Å²) in [6.45, 7) is -0.0308. The van der Waals surface area contributed by atoms with Gasteiger partial charge in [0.1, 0.15) is 18.2 Å². The number of halogens is 1. The van der Waals surface area contributed by atoms with Gasteiger partial charge in [0, 0.05) is 11.1 Å². The number of ether oxygens (including phenoxy) is 1. The van der Waals surface area contributed by atoms with Crippen LogP contribution in [0.1, 0.15) is 15.9 Å². The molecular formula is C14H10FO3-. The highest BCUT2D eigenvalue weighted by Crippen LogP contribution is 2.19. The zero-order valence-electron chi connectivity index (χ0n) is 9.43. The summed E-state index contributed by atoms with van der Waals surface area (Å²) in [5.74, 6) is -1.54. The van der Waals surface area contributed by atoms with Crippen molar-refractivity contribution in [1.29, 1.82) is 0 Å². The molecule has 0 fully saturated rings. The maximum atomic E-state index is 13.3. The van der Waals surface area contributed by atoms with Crippen molar-refractivity contribution in [2.75, 3.05) is 0 Å². The van der Waals surface area contributed by atoms with Gasteiger partial charge in [-0.15, -0.1) is 0 Å². The van der Waals surface area contributed by atoms with Gasteiger partial charge in [-0.3, -0.25) is 0 Å². The van der Waals surface area contributed by atoms with Crippen molar-refractivity contribution < 1.29 is 19.0 Å². The van der Waals surface area contributed by atoms with Crippen molar-refractivity contribution in [2.24, 2.45) is 0 Å². The van der Waals surface area contributed by atoms with Crippen LogP contribution in [-0.2, 0) is 6.61 Å². The first-order valence-electron chi connectivity index (χ1n) is 5.35. The van der Waals surface area contributed by atoms with Gasteiger partial charge in [-0.25, -0.2) is 4.39 Å². The highest BCUT2D eigenvalue weighted by molar-refractivity contribution is 5.89. The number of carbonyl (C=O) groups is 1. The summed E-state index contributed by atoms with van der Waals surface area (Å²) in [6.07, 6.45) is 0. The number of carboxylic acids is 1. The molecule has 2 aromatic carbocycles. The Morgan fingerprint density at radius 2 is 1.78 bits per heavy atom. The summed E-state index contributed by atoms with van der Waals surface area (Å²) < 4.78 is 18.6. The average molecular weight is 245 g/mol. The molecule has 0 saturated heterocycles. The number of aromatic carboxylic acids is 1. The fraction of sp³-hybridized carbons (Fsp3) is 0.0714. The second-order valence-electron chi connectivity index (χ2n) is 3.66. The second-order valence-corrected chi connectivity index (χ2v) is 3.66. The Morgan fingerprint density at radius 1 is 1.11 bits per heavy atom. The lowest BCUT2D eigenvalue weighted by atomic mass is 10.2. The van der Waals surface area contributed by atoms with Crippen LogP contribution in [0.25, 0.3) is 0 Å².